The van der Waals surface area contributed by atoms with Gasteiger partial charge in [-0.3, -0.25) is 9.48 Å². The van der Waals surface area contributed by atoms with Gasteiger partial charge in [-0.15, -0.1) is 0 Å². The molecule has 0 atom stereocenters. The van der Waals surface area contributed by atoms with Gasteiger partial charge in [0.2, 0.25) is 10.0 Å². The molecule has 1 aliphatic rings. The number of amides is 1. The fraction of sp³-hybridized carbons (Fsp3) is 0.304. The first-order valence-electron chi connectivity index (χ1n) is 10.5. The third-order valence-electron chi connectivity index (χ3n) is 5.61. The van der Waals surface area contributed by atoms with Crippen LogP contribution in [0.25, 0.3) is 0 Å². The van der Waals surface area contributed by atoms with Crippen LogP contribution < -0.4 is 5.32 Å². The van der Waals surface area contributed by atoms with Crippen LogP contribution in [-0.2, 0) is 16.6 Å². The van der Waals surface area contributed by atoms with Gasteiger partial charge >= 0.3 is 0 Å². The topological polar surface area (TPSA) is 84.3 Å². The molecule has 0 unspecified atom stereocenters. The Bertz CT molecular complexity index is 1250. The Morgan fingerprint density at radius 3 is 2.44 bits per heavy atom. The smallest absolute Gasteiger partial charge is 0.255 e. The molecule has 1 saturated heterocycles. The molecule has 4 rings (SSSR count). The largest absolute Gasteiger partial charge is 0.322 e. The molecule has 1 N–H and O–H groups in total. The zero-order valence-corrected chi connectivity index (χ0v) is 19.6. The van der Waals surface area contributed by atoms with E-state index in [9.17, 15) is 13.2 Å². The predicted octanol–water partition coefficient (Wildman–Crippen LogP) is 4.24. The van der Waals surface area contributed by atoms with Gasteiger partial charge < -0.3 is 5.32 Å². The van der Waals surface area contributed by atoms with Crippen LogP contribution in [-0.4, -0.2) is 41.5 Å². The van der Waals surface area contributed by atoms with Crippen LogP contribution in [0.3, 0.4) is 0 Å². The molecule has 1 amide bonds. The van der Waals surface area contributed by atoms with Gasteiger partial charge in [-0.2, -0.15) is 9.40 Å². The molecule has 168 valence electrons. The molecule has 1 aromatic heterocycles. The van der Waals surface area contributed by atoms with Crippen molar-refractivity contribution in [2.45, 2.75) is 38.1 Å². The van der Waals surface area contributed by atoms with Gasteiger partial charge in [0.1, 0.15) is 4.90 Å². The second kappa shape index (κ2) is 9.05. The van der Waals surface area contributed by atoms with Crippen LogP contribution in [0.5, 0.6) is 0 Å². The van der Waals surface area contributed by atoms with Gasteiger partial charge in [-0.25, -0.2) is 8.42 Å². The van der Waals surface area contributed by atoms with Gasteiger partial charge in [-0.1, -0.05) is 29.8 Å². The van der Waals surface area contributed by atoms with Crippen molar-refractivity contribution in [1.82, 2.24) is 14.1 Å². The number of nitrogens with one attached hydrogen (secondary N) is 1. The minimum Gasteiger partial charge on any atom is -0.322 e. The first-order valence-corrected chi connectivity index (χ1v) is 12.3. The quantitative estimate of drug-likeness (QED) is 0.581. The minimum absolute atomic E-state index is 0.232. The molecule has 0 aliphatic carbocycles. The highest BCUT2D eigenvalue weighted by molar-refractivity contribution is 7.89. The number of carbonyl (C=O) groups is 1. The predicted molar refractivity (Wildman–Crippen MR) is 125 cm³/mol. The summed E-state index contributed by atoms with van der Waals surface area (Å²) in [5.41, 5.74) is 3.18. The summed E-state index contributed by atoms with van der Waals surface area (Å²) in [7, 11) is -3.53. The second-order valence-electron chi connectivity index (χ2n) is 7.93. The van der Waals surface area contributed by atoms with Gasteiger partial charge in [0.05, 0.1) is 17.9 Å². The summed E-state index contributed by atoms with van der Waals surface area (Å²) in [4.78, 5) is 12.8. The van der Waals surface area contributed by atoms with Crippen molar-refractivity contribution in [3.63, 3.8) is 0 Å². The van der Waals surface area contributed by atoms with Gasteiger partial charge in [0.15, 0.2) is 0 Å². The number of anilines is 1. The van der Waals surface area contributed by atoms with E-state index >= 15 is 0 Å². The molecular weight excluding hydrogens is 448 g/mol. The van der Waals surface area contributed by atoms with Crippen molar-refractivity contribution in [3.8, 4) is 0 Å². The maximum atomic E-state index is 13.1. The highest BCUT2D eigenvalue weighted by atomic mass is 35.5. The van der Waals surface area contributed by atoms with E-state index < -0.39 is 10.0 Å². The lowest BCUT2D eigenvalue weighted by Crippen LogP contribution is -2.28. The van der Waals surface area contributed by atoms with E-state index in [1.54, 1.807) is 59.2 Å². The SMILES string of the molecule is Cc1nn(Cc2ccc(C(=O)Nc3cccc(Cl)c3)cc2)c(C)c1S(=O)(=O)N1CCCC1. The van der Waals surface area contributed by atoms with Crippen LogP contribution in [0.1, 0.15) is 40.2 Å². The first-order chi connectivity index (χ1) is 15.3. The van der Waals surface area contributed by atoms with Crippen LogP contribution in [0.2, 0.25) is 5.02 Å². The van der Waals surface area contributed by atoms with E-state index in [2.05, 4.69) is 10.4 Å². The maximum absolute atomic E-state index is 13.1. The molecule has 0 bridgehead atoms. The normalized spacial score (nSPS) is 14.6. The molecule has 0 saturated carbocycles. The summed E-state index contributed by atoms with van der Waals surface area (Å²) in [6.45, 7) is 5.06. The van der Waals surface area contributed by atoms with Gasteiger partial charge in [0.25, 0.3) is 5.91 Å². The molecule has 0 spiro atoms. The average molecular weight is 473 g/mol. The summed E-state index contributed by atoms with van der Waals surface area (Å²) in [6, 6.07) is 14.1. The molecule has 9 heteroatoms. The fourth-order valence-electron chi connectivity index (χ4n) is 3.97. The van der Waals surface area contributed by atoms with Crippen molar-refractivity contribution < 1.29 is 13.2 Å². The van der Waals surface area contributed by atoms with Crippen LogP contribution in [0, 0.1) is 13.8 Å². The summed E-state index contributed by atoms with van der Waals surface area (Å²) in [6.07, 6.45) is 1.78. The molecule has 32 heavy (non-hydrogen) atoms. The number of benzene rings is 2. The molecular formula is C23H25ClN4O3S. The number of aromatic nitrogens is 2. The number of hydrogen-bond donors (Lipinski definition) is 1. The number of nitrogens with zero attached hydrogens (tertiary/aromatic N) is 3. The van der Waals surface area contributed by atoms with E-state index in [0.717, 1.165) is 18.4 Å². The summed E-state index contributed by atoms with van der Waals surface area (Å²) in [5.74, 6) is -0.232. The van der Waals surface area contributed by atoms with E-state index in [1.165, 1.54) is 0 Å². The Balaban J connectivity index is 1.50. The van der Waals surface area contributed by atoms with Crippen molar-refractivity contribution in [2.75, 3.05) is 18.4 Å². The molecule has 1 aliphatic heterocycles. The zero-order valence-electron chi connectivity index (χ0n) is 18.0. The third-order valence-corrected chi connectivity index (χ3v) is 8.00. The Morgan fingerprint density at radius 2 is 1.78 bits per heavy atom. The minimum atomic E-state index is -3.53. The second-order valence-corrected chi connectivity index (χ2v) is 10.2. The lowest BCUT2D eigenvalue weighted by Gasteiger charge is -2.15. The number of aryl methyl sites for hydroxylation is 1. The van der Waals surface area contributed by atoms with E-state index in [-0.39, 0.29) is 5.91 Å². The third kappa shape index (κ3) is 4.57. The molecule has 1 fully saturated rings. The van der Waals surface area contributed by atoms with Crippen LogP contribution in [0.4, 0.5) is 5.69 Å². The van der Waals surface area contributed by atoms with Gasteiger partial charge in [0, 0.05) is 29.4 Å². The molecule has 7 nitrogen and oxygen atoms in total. The molecule has 2 aromatic carbocycles. The summed E-state index contributed by atoms with van der Waals surface area (Å²) >= 11 is 5.96. The molecule has 2 heterocycles. The molecule has 0 radical (unpaired) electrons. The number of carbonyl (C=O) groups excluding carboxylic acids is 1. The Morgan fingerprint density at radius 1 is 1.09 bits per heavy atom. The summed E-state index contributed by atoms with van der Waals surface area (Å²) in [5, 5.41) is 7.85. The monoisotopic (exact) mass is 472 g/mol. The molecule has 3 aromatic rings. The van der Waals surface area contributed by atoms with Gasteiger partial charge in [-0.05, 0) is 62.6 Å². The standard InChI is InChI=1S/C23H25ClN4O3S/c1-16-22(32(30,31)27-12-3-4-13-27)17(2)28(26-16)15-18-8-10-19(11-9-18)23(29)25-21-7-5-6-20(24)14-21/h5-11,14H,3-4,12-13,15H2,1-2H3,(H,25,29). The highest BCUT2D eigenvalue weighted by Crippen LogP contribution is 2.27. The average Bonchev–Trinajstić information content (AvgIpc) is 3.38. The highest BCUT2D eigenvalue weighted by Gasteiger charge is 2.32. The number of rotatable bonds is 6. The van der Waals surface area contributed by atoms with E-state index in [1.807, 2.05) is 12.1 Å². The lowest BCUT2D eigenvalue weighted by molar-refractivity contribution is 0.102. The van der Waals surface area contributed by atoms with Crippen LogP contribution >= 0.6 is 11.6 Å². The van der Waals surface area contributed by atoms with E-state index in [4.69, 9.17) is 11.6 Å². The maximum Gasteiger partial charge on any atom is 0.255 e. The summed E-state index contributed by atoms with van der Waals surface area (Å²) < 4.78 is 29.4. The van der Waals surface area contributed by atoms with Crippen molar-refractivity contribution in [1.29, 1.82) is 0 Å². The van der Waals surface area contributed by atoms with E-state index in [0.29, 0.717) is 52.2 Å². The Kier molecular flexibility index (Phi) is 6.37. The number of sulfonamides is 1. The number of hydrogen-bond acceptors (Lipinski definition) is 4. The van der Waals surface area contributed by atoms with Crippen molar-refractivity contribution in [2.24, 2.45) is 0 Å². The van der Waals surface area contributed by atoms with Crippen molar-refractivity contribution in [3.05, 3.63) is 76.1 Å². The van der Waals surface area contributed by atoms with Crippen molar-refractivity contribution >= 4 is 33.2 Å². The van der Waals surface area contributed by atoms with Crippen LogP contribution in [0.15, 0.2) is 53.4 Å². The fourth-order valence-corrected chi connectivity index (χ4v) is 6.05. The first kappa shape index (κ1) is 22.5. The lowest BCUT2D eigenvalue weighted by atomic mass is 10.1. The Labute approximate surface area is 193 Å². The Hall–Kier alpha value is -2.68. The zero-order chi connectivity index (χ0) is 22.9. The number of halogens is 1.